The molecule has 7 nitrogen and oxygen atoms in total. The number of anilines is 2. The first-order valence-corrected chi connectivity index (χ1v) is 10.2. The van der Waals surface area contributed by atoms with Gasteiger partial charge in [0.1, 0.15) is 5.75 Å². The lowest BCUT2D eigenvalue weighted by molar-refractivity contribution is -0.137. The summed E-state index contributed by atoms with van der Waals surface area (Å²) in [5, 5.41) is 6.87. The highest BCUT2D eigenvalue weighted by Crippen LogP contribution is 2.34. The first-order chi connectivity index (χ1) is 15.7. The highest BCUT2D eigenvalue weighted by Gasteiger charge is 2.31. The van der Waals surface area contributed by atoms with Crippen molar-refractivity contribution >= 4 is 23.2 Å². The molecule has 1 N–H and O–H groups in total. The van der Waals surface area contributed by atoms with Gasteiger partial charge in [-0.3, -0.25) is 9.59 Å². The van der Waals surface area contributed by atoms with Gasteiger partial charge in [-0.2, -0.15) is 18.3 Å². The van der Waals surface area contributed by atoms with Crippen LogP contribution in [-0.2, 0) is 11.0 Å². The van der Waals surface area contributed by atoms with E-state index in [1.165, 1.54) is 30.1 Å². The molecule has 0 unspecified atom stereocenters. The van der Waals surface area contributed by atoms with Gasteiger partial charge < -0.3 is 15.0 Å². The zero-order valence-corrected chi connectivity index (χ0v) is 17.9. The largest absolute Gasteiger partial charge is 0.495 e. The minimum atomic E-state index is -4.49. The molecule has 1 aliphatic rings. The summed E-state index contributed by atoms with van der Waals surface area (Å²) in [7, 11) is 1.50. The molecule has 0 radical (unpaired) electrons. The van der Waals surface area contributed by atoms with Gasteiger partial charge in [-0.1, -0.05) is 6.07 Å². The maximum Gasteiger partial charge on any atom is 0.416 e. The number of hydrogen-bond donors (Lipinski definition) is 1. The van der Waals surface area contributed by atoms with E-state index in [4.69, 9.17) is 4.74 Å². The van der Waals surface area contributed by atoms with E-state index < -0.39 is 17.6 Å². The van der Waals surface area contributed by atoms with E-state index in [2.05, 4.69) is 10.4 Å². The SMILES string of the molecule is COc1ccc(NC(=O)c2cnn(-c3cccc(C(F)(F)F)c3)c2C)cc1N1CCCC1=O. The number of aromatic nitrogens is 2. The Balaban J connectivity index is 1.59. The number of carbonyl (C=O) groups excluding carboxylic acids is 2. The second-order valence-electron chi connectivity index (χ2n) is 7.59. The predicted octanol–water partition coefficient (Wildman–Crippen LogP) is 4.59. The lowest BCUT2D eigenvalue weighted by Crippen LogP contribution is -2.24. The number of methoxy groups -OCH3 is 1. The van der Waals surface area contributed by atoms with Crippen molar-refractivity contribution in [1.82, 2.24) is 9.78 Å². The van der Waals surface area contributed by atoms with E-state index in [-0.39, 0.29) is 17.2 Å². The van der Waals surface area contributed by atoms with Crippen LogP contribution < -0.4 is 15.0 Å². The number of nitrogens with zero attached hydrogens (tertiary/aromatic N) is 3. The Morgan fingerprint density at radius 3 is 2.64 bits per heavy atom. The monoisotopic (exact) mass is 458 g/mol. The Morgan fingerprint density at radius 1 is 1.18 bits per heavy atom. The Bertz CT molecular complexity index is 1220. The number of benzene rings is 2. The number of rotatable bonds is 5. The summed E-state index contributed by atoms with van der Waals surface area (Å²) < 4.78 is 45.8. The summed E-state index contributed by atoms with van der Waals surface area (Å²) in [6, 6.07) is 9.69. The number of amides is 2. The fourth-order valence-electron chi connectivity index (χ4n) is 3.79. The molecule has 1 aromatic heterocycles. The number of hydrogen-bond acceptors (Lipinski definition) is 4. The second kappa shape index (κ2) is 8.61. The highest BCUT2D eigenvalue weighted by molar-refractivity contribution is 6.06. The molecular weight excluding hydrogens is 437 g/mol. The average Bonchev–Trinajstić information content (AvgIpc) is 3.38. The Hall–Kier alpha value is -3.82. The topological polar surface area (TPSA) is 76.5 Å². The van der Waals surface area contributed by atoms with Gasteiger partial charge in [0.05, 0.1) is 41.5 Å². The summed E-state index contributed by atoms with van der Waals surface area (Å²) in [6.45, 7) is 2.17. The molecule has 1 aliphatic heterocycles. The fraction of sp³-hybridized carbons (Fsp3) is 0.261. The lowest BCUT2D eigenvalue weighted by atomic mass is 10.2. The quantitative estimate of drug-likeness (QED) is 0.607. The molecule has 0 spiro atoms. The molecule has 33 heavy (non-hydrogen) atoms. The standard InChI is InChI=1S/C23H21F3N4O3/c1-14-18(13-27-30(14)17-6-3-5-15(11-17)23(24,25)26)22(32)28-16-8-9-20(33-2)19(12-16)29-10-4-7-21(29)31/h3,5-6,8-9,11-13H,4,7,10H2,1-2H3,(H,28,32). The summed E-state index contributed by atoms with van der Waals surface area (Å²) in [5.41, 5.74) is 0.997. The van der Waals surface area contributed by atoms with Crippen LogP contribution in [0.4, 0.5) is 24.5 Å². The van der Waals surface area contributed by atoms with Gasteiger partial charge in [0.2, 0.25) is 5.91 Å². The van der Waals surface area contributed by atoms with Gasteiger partial charge in [0.15, 0.2) is 0 Å². The van der Waals surface area contributed by atoms with Crippen LogP contribution in [0.2, 0.25) is 0 Å². The molecule has 1 saturated heterocycles. The van der Waals surface area contributed by atoms with E-state index in [1.807, 2.05) is 0 Å². The second-order valence-corrected chi connectivity index (χ2v) is 7.59. The lowest BCUT2D eigenvalue weighted by Gasteiger charge is -2.20. The van der Waals surface area contributed by atoms with Crippen LogP contribution in [0, 0.1) is 6.92 Å². The maximum absolute atomic E-state index is 13.1. The van der Waals surface area contributed by atoms with E-state index in [0.717, 1.165) is 18.6 Å². The minimum absolute atomic E-state index is 0.0185. The highest BCUT2D eigenvalue weighted by atomic mass is 19.4. The molecule has 2 aromatic carbocycles. The van der Waals surface area contributed by atoms with Gasteiger partial charge >= 0.3 is 6.18 Å². The third kappa shape index (κ3) is 4.41. The zero-order chi connectivity index (χ0) is 23.8. The summed E-state index contributed by atoms with van der Waals surface area (Å²) >= 11 is 0. The molecule has 3 aromatic rings. The molecule has 172 valence electrons. The van der Waals surface area contributed by atoms with E-state index in [9.17, 15) is 22.8 Å². The van der Waals surface area contributed by atoms with Crippen molar-refractivity contribution < 1.29 is 27.5 Å². The van der Waals surface area contributed by atoms with Crippen molar-refractivity contribution in [2.75, 3.05) is 23.9 Å². The Morgan fingerprint density at radius 2 is 1.97 bits per heavy atom. The predicted molar refractivity (Wildman–Crippen MR) is 116 cm³/mol. The van der Waals surface area contributed by atoms with Gasteiger partial charge in [0.25, 0.3) is 5.91 Å². The summed E-state index contributed by atoms with van der Waals surface area (Å²) in [6.07, 6.45) is -1.99. The van der Waals surface area contributed by atoms with Crippen molar-refractivity contribution in [2.45, 2.75) is 25.9 Å². The van der Waals surface area contributed by atoms with Gasteiger partial charge in [0, 0.05) is 18.7 Å². The smallest absolute Gasteiger partial charge is 0.416 e. The van der Waals surface area contributed by atoms with Crippen LogP contribution in [0.25, 0.3) is 5.69 Å². The third-order valence-electron chi connectivity index (χ3n) is 5.47. The molecule has 0 saturated carbocycles. The summed E-state index contributed by atoms with van der Waals surface area (Å²) in [4.78, 5) is 26.7. The van der Waals surface area contributed by atoms with Gasteiger partial charge in [-0.05, 0) is 49.7 Å². The van der Waals surface area contributed by atoms with Crippen molar-refractivity contribution in [3.63, 3.8) is 0 Å². The van der Waals surface area contributed by atoms with Crippen LogP contribution in [0.3, 0.4) is 0 Å². The maximum atomic E-state index is 13.1. The van der Waals surface area contributed by atoms with Crippen molar-refractivity contribution in [1.29, 1.82) is 0 Å². The first kappa shape index (κ1) is 22.4. The van der Waals surface area contributed by atoms with Crippen molar-refractivity contribution in [2.24, 2.45) is 0 Å². The first-order valence-electron chi connectivity index (χ1n) is 10.2. The van der Waals surface area contributed by atoms with Crippen LogP contribution in [0.1, 0.15) is 34.5 Å². The molecule has 0 bridgehead atoms. The molecular formula is C23H21F3N4O3. The molecule has 1 fully saturated rings. The van der Waals surface area contributed by atoms with Crippen LogP contribution in [0.15, 0.2) is 48.7 Å². The van der Waals surface area contributed by atoms with Crippen LogP contribution in [0.5, 0.6) is 5.75 Å². The zero-order valence-electron chi connectivity index (χ0n) is 17.9. The Labute approximate surface area is 187 Å². The van der Waals surface area contributed by atoms with E-state index >= 15 is 0 Å². The third-order valence-corrected chi connectivity index (χ3v) is 5.47. The average molecular weight is 458 g/mol. The molecule has 2 amide bonds. The number of carbonyl (C=O) groups is 2. The van der Waals surface area contributed by atoms with Gasteiger partial charge in [-0.15, -0.1) is 0 Å². The van der Waals surface area contributed by atoms with Crippen LogP contribution >= 0.6 is 0 Å². The van der Waals surface area contributed by atoms with Crippen molar-refractivity contribution in [3.8, 4) is 11.4 Å². The molecule has 10 heteroatoms. The molecule has 0 atom stereocenters. The number of alkyl halides is 3. The van der Waals surface area contributed by atoms with E-state index in [1.54, 1.807) is 30.0 Å². The van der Waals surface area contributed by atoms with Gasteiger partial charge in [-0.25, -0.2) is 4.68 Å². The summed E-state index contributed by atoms with van der Waals surface area (Å²) in [5.74, 6) is 0.0152. The Kier molecular flexibility index (Phi) is 5.84. The number of nitrogens with one attached hydrogen (secondary N) is 1. The fourth-order valence-corrected chi connectivity index (χ4v) is 3.79. The normalized spacial score (nSPS) is 14.0. The molecule has 4 rings (SSSR count). The number of halogens is 3. The number of ether oxygens (including phenoxy) is 1. The van der Waals surface area contributed by atoms with Crippen molar-refractivity contribution in [3.05, 3.63) is 65.5 Å². The van der Waals surface area contributed by atoms with E-state index in [0.29, 0.717) is 35.8 Å². The van der Waals surface area contributed by atoms with Crippen LogP contribution in [-0.4, -0.2) is 35.2 Å². The molecule has 0 aliphatic carbocycles. The minimum Gasteiger partial charge on any atom is -0.495 e. The molecule has 2 heterocycles.